The van der Waals surface area contributed by atoms with E-state index in [4.69, 9.17) is 11.5 Å². The van der Waals surface area contributed by atoms with E-state index >= 15 is 0 Å². The predicted octanol–water partition coefficient (Wildman–Crippen LogP) is 0.328. The van der Waals surface area contributed by atoms with Crippen molar-refractivity contribution in [2.75, 3.05) is 6.26 Å². The van der Waals surface area contributed by atoms with Crippen LogP contribution in [0.2, 0.25) is 0 Å². The molecule has 1 aromatic rings. The third-order valence-corrected chi connectivity index (χ3v) is 3.91. The van der Waals surface area contributed by atoms with E-state index in [9.17, 15) is 18.5 Å². The van der Waals surface area contributed by atoms with Crippen molar-refractivity contribution in [1.29, 1.82) is 5.26 Å². The van der Waals surface area contributed by atoms with Crippen molar-refractivity contribution in [2.24, 2.45) is 16.5 Å². The Kier molecular flexibility index (Phi) is 5.05. The first-order chi connectivity index (χ1) is 9.72. The van der Waals surface area contributed by atoms with Crippen molar-refractivity contribution in [2.45, 2.75) is 24.7 Å². The van der Waals surface area contributed by atoms with Crippen LogP contribution in [0, 0.1) is 11.3 Å². The summed E-state index contributed by atoms with van der Waals surface area (Å²) in [7, 11) is -3.67. The van der Waals surface area contributed by atoms with E-state index < -0.39 is 21.7 Å². The first kappa shape index (κ1) is 16.7. The number of hydrogen-bond donors (Lipinski definition) is 2. The molecule has 0 aliphatic carbocycles. The summed E-state index contributed by atoms with van der Waals surface area (Å²) in [4.78, 5) is 15.1. The molecule has 0 heterocycles. The molecule has 4 N–H and O–H groups in total. The maximum atomic E-state index is 12.0. The minimum atomic E-state index is -3.67. The van der Waals surface area contributed by atoms with Crippen molar-refractivity contribution in [3.05, 3.63) is 28.8 Å². The molecule has 21 heavy (non-hydrogen) atoms. The van der Waals surface area contributed by atoms with E-state index in [0.29, 0.717) is 18.4 Å². The fourth-order valence-electron chi connectivity index (χ4n) is 1.98. The smallest absolute Gasteiger partial charge is 0.281 e. The summed E-state index contributed by atoms with van der Waals surface area (Å²) in [6.45, 7) is 1.89. The number of nitrogens with zero attached hydrogens (tertiary/aromatic N) is 2. The molecule has 0 saturated carbocycles. The number of nitriles is 1. The first-order valence-electron chi connectivity index (χ1n) is 6.12. The number of guanidine groups is 1. The van der Waals surface area contributed by atoms with E-state index in [-0.39, 0.29) is 16.0 Å². The highest BCUT2D eigenvalue weighted by atomic mass is 32.2. The number of carbonyl (C=O) groups excluding carboxylic acids is 1. The molecule has 0 saturated heterocycles. The van der Waals surface area contributed by atoms with Gasteiger partial charge in [0, 0.05) is 6.26 Å². The van der Waals surface area contributed by atoms with E-state index in [1.54, 1.807) is 6.07 Å². The van der Waals surface area contributed by atoms with Gasteiger partial charge < -0.3 is 11.5 Å². The average molecular weight is 308 g/mol. The second kappa shape index (κ2) is 6.37. The summed E-state index contributed by atoms with van der Waals surface area (Å²) in [5.74, 6) is -1.30. The zero-order chi connectivity index (χ0) is 16.2. The number of carbonyl (C=O) groups is 1. The maximum absolute atomic E-state index is 12.0. The second-order valence-corrected chi connectivity index (χ2v) is 6.40. The lowest BCUT2D eigenvalue weighted by Gasteiger charge is -2.11. The topological polar surface area (TPSA) is 139 Å². The Morgan fingerprint density at radius 3 is 2.43 bits per heavy atom. The zero-order valence-electron chi connectivity index (χ0n) is 11.8. The third-order valence-electron chi connectivity index (χ3n) is 2.70. The van der Waals surface area contributed by atoms with Gasteiger partial charge in [-0.05, 0) is 18.1 Å². The van der Waals surface area contributed by atoms with Crippen LogP contribution in [0.3, 0.4) is 0 Å². The van der Waals surface area contributed by atoms with Gasteiger partial charge in [0.2, 0.25) is 0 Å². The van der Waals surface area contributed by atoms with Crippen LogP contribution in [0.1, 0.15) is 34.8 Å². The predicted molar refractivity (Wildman–Crippen MR) is 78.4 cm³/mol. The zero-order valence-corrected chi connectivity index (χ0v) is 12.6. The van der Waals surface area contributed by atoms with Crippen molar-refractivity contribution < 1.29 is 13.2 Å². The number of aliphatic imine (C=N–C) groups is 1. The van der Waals surface area contributed by atoms with E-state index in [1.807, 2.05) is 6.92 Å². The fraction of sp³-hybridized carbons (Fsp3) is 0.308. The Labute approximate surface area is 123 Å². The molecule has 0 unspecified atom stereocenters. The molecule has 0 radical (unpaired) electrons. The first-order valence-corrected chi connectivity index (χ1v) is 8.01. The maximum Gasteiger partial charge on any atom is 0.281 e. The van der Waals surface area contributed by atoms with E-state index in [0.717, 1.165) is 6.26 Å². The number of hydrogen-bond acceptors (Lipinski definition) is 4. The van der Waals surface area contributed by atoms with Crippen molar-refractivity contribution >= 4 is 21.7 Å². The Balaban J connectivity index is 3.70. The quantitative estimate of drug-likeness (QED) is 0.606. The van der Waals surface area contributed by atoms with E-state index in [1.165, 1.54) is 12.1 Å². The molecule has 1 aromatic carbocycles. The lowest BCUT2D eigenvalue weighted by atomic mass is 10.0. The Morgan fingerprint density at radius 1 is 1.38 bits per heavy atom. The molecule has 0 aliphatic rings. The van der Waals surface area contributed by atoms with Gasteiger partial charge in [0.25, 0.3) is 5.91 Å². The molecule has 0 aromatic heterocycles. The Bertz CT molecular complexity index is 741. The molecule has 7 nitrogen and oxygen atoms in total. The lowest BCUT2D eigenvalue weighted by molar-refractivity contribution is 0.100. The Hall–Kier alpha value is -2.40. The highest BCUT2D eigenvalue weighted by Gasteiger charge is 2.24. The molecule has 0 fully saturated rings. The van der Waals surface area contributed by atoms with Crippen LogP contribution in [-0.2, 0) is 16.3 Å². The van der Waals surface area contributed by atoms with Crippen molar-refractivity contribution in [3.63, 3.8) is 0 Å². The van der Waals surface area contributed by atoms with Gasteiger partial charge in [-0.15, -0.1) is 0 Å². The van der Waals surface area contributed by atoms with Gasteiger partial charge >= 0.3 is 0 Å². The monoisotopic (exact) mass is 308 g/mol. The van der Waals surface area contributed by atoms with Crippen LogP contribution in [-0.4, -0.2) is 26.5 Å². The molecule has 0 bridgehead atoms. The Morgan fingerprint density at radius 2 is 2.00 bits per heavy atom. The number of sulfone groups is 1. The number of benzene rings is 1. The summed E-state index contributed by atoms with van der Waals surface area (Å²) in [6, 6.07) is 4.65. The summed E-state index contributed by atoms with van der Waals surface area (Å²) in [5.41, 5.74) is 10.4. The molecule has 1 amide bonds. The summed E-state index contributed by atoms with van der Waals surface area (Å²) >= 11 is 0. The van der Waals surface area contributed by atoms with Crippen molar-refractivity contribution in [1.82, 2.24) is 0 Å². The van der Waals surface area contributed by atoms with Gasteiger partial charge in [0.05, 0.1) is 16.0 Å². The van der Waals surface area contributed by atoms with E-state index in [2.05, 4.69) is 4.99 Å². The number of amides is 1. The minimum Gasteiger partial charge on any atom is -0.370 e. The summed E-state index contributed by atoms with van der Waals surface area (Å²) in [6.07, 6.45) is 2.18. The largest absolute Gasteiger partial charge is 0.370 e. The van der Waals surface area contributed by atoms with Crippen LogP contribution in [0.4, 0.5) is 0 Å². The summed E-state index contributed by atoms with van der Waals surface area (Å²) < 4.78 is 23.9. The molecule has 8 heteroatoms. The molecular formula is C13H16N4O3S. The van der Waals surface area contributed by atoms with Gasteiger partial charge in [-0.1, -0.05) is 19.4 Å². The molecule has 112 valence electrons. The van der Waals surface area contributed by atoms with Gasteiger partial charge in [0.15, 0.2) is 15.8 Å². The van der Waals surface area contributed by atoms with Crippen LogP contribution >= 0.6 is 0 Å². The molecule has 0 aliphatic heterocycles. The standard InChI is InChI=1S/C13H16N4O3S/c1-3-4-8-5-6-9(12(18)17-13(15)16)10(7-14)11(8)21(2,19)20/h5-6H,3-4H2,1-2H3,(H4,15,16,17,18). The van der Waals surface area contributed by atoms with Crippen LogP contribution < -0.4 is 11.5 Å². The number of aryl methyl sites for hydroxylation is 1. The third kappa shape index (κ3) is 3.79. The SMILES string of the molecule is CCCc1ccc(C(=O)N=C(N)N)c(C#N)c1S(C)(=O)=O. The van der Waals surface area contributed by atoms with Gasteiger partial charge in [-0.2, -0.15) is 10.3 Å². The highest BCUT2D eigenvalue weighted by Crippen LogP contribution is 2.25. The molecule has 1 rings (SSSR count). The van der Waals surface area contributed by atoms with Gasteiger partial charge in [-0.3, -0.25) is 4.79 Å². The van der Waals surface area contributed by atoms with Crippen LogP contribution in [0.25, 0.3) is 0 Å². The number of nitrogens with two attached hydrogens (primary N) is 2. The second-order valence-electron chi connectivity index (χ2n) is 4.45. The van der Waals surface area contributed by atoms with Crippen LogP contribution in [0.5, 0.6) is 0 Å². The normalized spacial score (nSPS) is 10.7. The van der Waals surface area contributed by atoms with Gasteiger partial charge in [0.1, 0.15) is 6.07 Å². The van der Waals surface area contributed by atoms with Gasteiger partial charge in [-0.25, -0.2) is 8.42 Å². The number of rotatable bonds is 4. The fourth-order valence-corrected chi connectivity index (χ4v) is 3.16. The molecular weight excluding hydrogens is 292 g/mol. The lowest BCUT2D eigenvalue weighted by Crippen LogP contribution is -2.24. The van der Waals surface area contributed by atoms with Crippen LogP contribution in [0.15, 0.2) is 22.0 Å². The molecule has 0 atom stereocenters. The highest BCUT2D eigenvalue weighted by molar-refractivity contribution is 7.90. The molecule has 0 spiro atoms. The summed E-state index contributed by atoms with van der Waals surface area (Å²) in [5, 5.41) is 9.26. The minimum absolute atomic E-state index is 0.133. The average Bonchev–Trinajstić information content (AvgIpc) is 2.36. The van der Waals surface area contributed by atoms with Crippen molar-refractivity contribution in [3.8, 4) is 6.07 Å².